The van der Waals surface area contributed by atoms with Crippen LogP contribution in [-0.4, -0.2) is 47.7 Å². The standard InChI is InChI=1S/C28H35FN2O3S/c1-34-22-8-10-27-25(18-22)24(12-14-30-27)26(29)9-6-20-13-16-31(19-21(20)7-11-28(32)33)15-2-4-23-5-3-17-35-23/h3,5,8,10,12,14,17-18,20-21,26H,2,4,6-7,9,11,13,15-16,19H2,1H3,(H,32,33)/t20-,21+,26?/m1/s1. The molecule has 5 nitrogen and oxygen atoms in total. The second-order valence-electron chi connectivity index (χ2n) is 9.55. The molecule has 1 saturated heterocycles. The lowest BCUT2D eigenvalue weighted by atomic mass is 9.79. The van der Waals surface area contributed by atoms with Crippen LogP contribution < -0.4 is 4.74 Å². The molecule has 0 saturated carbocycles. The molecule has 7 heteroatoms. The van der Waals surface area contributed by atoms with Gasteiger partial charge in [-0.25, -0.2) is 4.39 Å². The number of ether oxygens (including phenoxy) is 1. The Kier molecular flexibility index (Phi) is 9.10. The van der Waals surface area contributed by atoms with E-state index in [4.69, 9.17) is 4.74 Å². The third kappa shape index (κ3) is 7.01. The van der Waals surface area contributed by atoms with E-state index in [2.05, 4.69) is 27.4 Å². The quantitative estimate of drug-likeness (QED) is 0.308. The van der Waals surface area contributed by atoms with Crippen LogP contribution in [-0.2, 0) is 11.2 Å². The summed E-state index contributed by atoms with van der Waals surface area (Å²) in [4.78, 5) is 19.5. The Morgan fingerprint density at radius 2 is 2.17 bits per heavy atom. The highest BCUT2D eigenvalue weighted by Crippen LogP contribution is 2.36. The topological polar surface area (TPSA) is 62.7 Å². The third-order valence-corrected chi connectivity index (χ3v) is 8.23. The number of piperidine rings is 1. The molecule has 0 radical (unpaired) electrons. The van der Waals surface area contributed by atoms with E-state index in [1.165, 1.54) is 4.88 Å². The summed E-state index contributed by atoms with van der Waals surface area (Å²) >= 11 is 1.80. The van der Waals surface area contributed by atoms with E-state index in [0.29, 0.717) is 36.0 Å². The first-order valence-corrected chi connectivity index (χ1v) is 13.4. The molecule has 3 aromatic rings. The summed E-state index contributed by atoms with van der Waals surface area (Å²) in [7, 11) is 1.61. The van der Waals surface area contributed by atoms with Gasteiger partial charge in [0.1, 0.15) is 11.9 Å². The minimum Gasteiger partial charge on any atom is -0.497 e. The van der Waals surface area contributed by atoms with Crippen molar-refractivity contribution >= 4 is 28.2 Å². The maximum Gasteiger partial charge on any atom is 0.303 e. The Hall–Kier alpha value is -2.51. The number of aliphatic carboxylic acids is 1. The largest absolute Gasteiger partial charge is 0.497 e. The normalized spacial score (nSPS) is 19.6. The van der Waals surface area contributed by atoms with Gasteiger partial charge in [0.05, 0.1) is 12.6 Å². The Labute approximate surface area is 210 Å². The van der Waals surface area contributed by atoms with E-state index in [9.17, 15) is 9.90 Å². The number of aromatic nitrogens is 1. The Bertz CT molecular complexity index is 1090. The summed E-state index contributed by atoms with van der Waals surface area (Å²) in [5.74, 6) is 0.588. The smallest absolute Gasteiger partial charge is 0.303 e. The molecule has 1 unspecified atom stereocenters. The van der Waals surface area contributed by atoms with Gasteiger partial charge in [0.2, 0.25) is 0 Å². The number of carbonyl (C=O) groups is 1. The van der Waals surface area contributed by atoms with Crippen molar-refractivity contribution in [1.82, 2.24) is 9.88 Å². The second-order valence-corrected chi connectivity index (χ2v) is 10.6. The number of rotatable bonds is 12. The predicted octanol–water partition coefficient (Wildman–Crippen LogP) is 6.53. The molecule has 1 fully saturated rings. The number of benzene rings is 1. The lowest BCUT2D eigenvalue weighted by Gasteiger charge is -2.39. The van der Waals surface area contributed by atoms with E-state index in [0.717, 1.165) is 56.2 Å². The highest BCUT2D eigenvalue weighted by molar-refractivity contribution is 7.09. The van der Waals surface area contributed by atoms with E-state index < -0.39 is 12.1 Å². The van der Waals surface area contributed by atoms with Gasteiger partial charge in [-0.3, -0.25) is 9.78 Å². The van der Waals surface area contributed by atoms with Gasteiger partial charge in [0.15, 0.2) is 0 Å². The molecule has 4 rings (SSSR count). The minimum atomic E-state index is -1.09. The van der Waals surface area contributed by atoms with Crippen LogP contribution >= 0.6 is 11.3 Å². The molecule has 2 aromatic heterocycles. The zero-order valence-corrected chi connectivity index (χ0v) is 21.2. The lowest BCUT2D eigenvalue weighted by molar-refractivity contribution is -0.137. The summed E-state index contributed by atoms with van der Waals surface area (Å²) in [6, 6.07) is 11.6. The summed E-state index contributed by atoms with van der Waals surface area (Å²) in [6.45, 7) is 2.95. The molecule has 0 amide bonds. The highest BCUT2D eigenvalue weighted by atomic mass is 32.1. The Morgan fingerprint density at radius 3 is 2.94 bits per heavy atom. The number of pyridine rings is 1. The second kappa shape index (κ2) is 12.5. The van der Waals surface area contributed by atoms with Gasteiger partial charge in [-0.1, -0.05) is 6.07 Å². The van der Waals surface area contributed by atoms with E-state index in [1.807, 2.05) is 18.2 Å². The molecular formula is C28H35FN2O3S. The number of alkyl halides is 1. The van der Waals surface area contributed by atoms with Crippen LogP contribution in [0, 0.1) is 11.8 Å². The highest BCUT2D eigenvalue weighted by Gasteiger charge is 2.30. The summed E-state index contributed by atoms with van der Waals surface area (Å²) < 4.78 is 20.8. The molecule has 0 bridgehead atoms. The molecule has 1 aromatic carbocycles. The van der Waals surface area contributed by atoms with Crippen LogP contribution in [0.5, 0.6) is 5.75 Å². The predicted molar refractivity (Wildman–Crippen MR) is 139 cm³/mol. The number of fused-ring (bicyclic) bond motifs is 1. The van der Waals surface area contributed by atoms with Crippen molar-refractivity contribution in [1.29, 1.82) is 0 Å². The maximum absolute atomic E-state index is 15.5. The summed E-state index contributed by atoms with van der Waals surface area (Å²) in [5, 5.41) is 12.2. The van der Waals surface area contributed by atoms with Crippen molar-refractivity contribution < 1.29 is 19.0 Å². The number of hydrogen-bond acceptors (Lipinski definition) is 5. The average molecular weight is 499 g/mol. The molecule has 3 atom stereocenters. The fourth-order valence-corrected chi connectivity index (χ4v) is 6.12. The van der Waals surface area contributed by atoms with Crippen molar-refractivity contribution in [2.75, 3.05) is 26.7 Å². The van der Waals surface area contributed by atoms with Gasteiger partial charge >= 0.3 is 5.97 Å². The number of aryl methyl sites for hydroxylation is 1. The van der Waals surface area contributed by atoms with Crippen LogP contribution in [0.3, 0.4) is 0 Å². The summed E-state index contributed by atoms with van der Waals surface area (Å²) in [6.07, 6.45) is 5.82. The van der Waals surface area contributed by atoms with E-state index in [-0.39, 0.29) is 6.42 Å². The number of thiophene rings is 1. The summed E-state index contributed by atoms with van der Waals surface area (Å²) in [5.41, 5.74) is 1.42. The SMILES string of the molecule is COc1ccc2nccc(C(F)CC[C@@H]3CCN(CCCc4cccs4)C[C@@H]3CCC(=O)O)c2c1. The monoisotopic (exact) mass is 498 g/mol. The molecule has 35 heavy (non-hydrogen) atoms. The average Bonchev–Trinajstić information content (AvgIpc) is 3.39. The number of hydrogen-bond donors (Lipinski definition) is 1. The number of nitrogens with zero attached hydrogens (tertiary/aromatic N) is 2. The van der Waals surface area contributed by atoms with Crippen molar-refractivity contribution in [2.45, 2.75) is 51.1 Å². The van der Waals surface area contributed by atoms with Gasteiger partial charge < -0.3 is 14.7 Å². The minimum absolute atomic E-state index is 0.179. The fraction of sp³-hybridized carbons (Fsp3) is 0.500. The van der Waals surface area contributed by atoms with Crippen molar-refractivity contribution in [3.63, 3.8) is 0 Å². The van der Waals surface area contributed by atoms with Gasteiger partial charge in [-0.05, 0) is 105 Å². The first-order chi connectivity index (χ1) is 17.0. The van der Waals surface area contributed by atoms with Crippen LogP contribution in [0.1, 0.15) is 55.1 Å². The molecule has 1 aliphatic rings. The van der Waals surface area contributed by atoms with Crippen molar-refractivity contribution in [2.24, 2.45) is 11.8 Å². The number of halogens is 1. The van der Waals surface area contributed by atoms with E-state index in [1.54, 1.807) is 30.7 Å². The van der Waals surface area contributed by atoms with E-state index >= 15 is 4.39 Å². The zero-order chi connectivity index (χ0) is 24.6. The number of carboxylic acids is 1. The van der Waals surface area contributed by atoms with Gasteiger partial charge in [0.25, 0.3) is 0 Å². The molecule has 0 aliphatic carbocycles. The fourth-order valence-electron chi connectivity index (χ4n) is 5.37. The zero-order valence-electron chi connectivity index (χ0n) is 20.4. The Balaban J connectivity index is 1.36. The van der Waals surface area contributed by atoms with Crippen LogP contribution in [0.25, 0.3) is 10.9 Å². The lowest BCUT2D eigenvalue weighted by Crippen LogP contribution is -2.41. The first kappa shape index (κ1) is 25.6. The molecule has 1 N–H and O–H groups in total. The van der Waals surface area contributed by atoms with Crippen molar-refractivity contribution in [3.05, 3.63) is 58.4 Å². The van der Waals surface area contributed by atoms with Crippen LogP contribution in [0.2, 0.25) is 0 Å². The van der Waals surface area contributed by atoms with Gasteiger partial charge in [-0.15, -0.1) is 11.3 Å². The third-order valence-electron chi connectivity index (χ3n) is 7.29. The first-order valence-electron chi connectivity index (χ1n) is 12.6. The molecule has 3 heterocycles. The van der Waals surface area contributed by atoms with Gasteiger partial charge in [0, 0.05) is 29.4 Å². The molecule has 0 spiro atoms. The number of methoxy groups -OCH3 is 1. The van der Waals surface area contributed by atoms with Gasteiger partial charge in [-0.2, -0.15) is 0 Å². The Morgan fingerprint density at radius 1 is 1.29 bits per heavy atom. The van der Waals surface area contributed by atoms with Crippen LogP contribution in [0.15, 0.2) is 48.0 Å². The number of likely N-dealkylation sites (tertiary alicyclic amines) is 1. The van der Waals surface area contributed by atoms with Crippen molar-refractivity contribution in [3.8, 4) is 5.75 Å². The maximum atomic E-state index is 15.5. The molecule has 1 aliphatic heterocycles. The molecule has 188 valence electrons. The number of carboxylic acid groups (broad SMARTS) is 1. The molecular weight excluding hydrogens is 463 g/mol. The van der Waals surface area contributed by atoms with Crippen LogP contribution in [0.4, 0.5) is 4.39 Å².